The molecule has 0 saturated carbocycles. The van der Waals surface area contributed by atoms with Crippen molar-refractivity contribution in [1.82, 2.24) is 0 Å². The van der Waals surface area contributed by atoms with Gasteiger partial charge in [0.15, 0.2) is 0 Å². The third-order valence-corrected chi connectivity index (χ3v) is 9.51. The first kappa shape index (κ1) is 31.6. The van der Waals surface area contributed by atoms with Crippen molar-refractivity contribution in [3.63, 3.8) is 0 Å². The van der Waals surface area contributed by atoms with Gasteiger partial charge in [0.25, 0.3) is 0 Å². The number of fused-ring (bicyclic) bond motifs is 13. The minimum atomic E-state index is -0.210. The standard InChI is InChI=1S/C26H18B.C14H12B.2Y/c1-27-17-14-15-21-20-10-4-7-13-24(20)26(25(21)16-17)22-11-5-2-8-18(22)19-9-3-6-12-23(19)26;1-15-12-6-7-14-11(9-12)8-10-4-2-3-5-13(10)14;;/h2-16H,1H3;2-7,9H,8H2,1H3;;. The van der Waals surface area contributed by atoms with Gasteiger partial charge in [-0.15, -0.1) is 0 Å². The molecule has 0 amide bonds. The number of hydrogen-bond acceptors (Lipinski definition) is 0. The van der Waals surface area contributed by atoms with Crippen molar-refractivity contribution in [2.45, 2.75) is 25.5 Å². The fourth-order valence-corrected chi connectivity index (χ4v) is 7.64. The molecule has 0 heterocycles. The molecule has 0 saturated heterocycles. The van der Waals surface area contributed by atoms with Crippen LogP contribution < -0.4 is 10.9 Å². The number of hydrogen-bond donors (Lipinski definition) is 0. The molecule has 6 aromatic rings. The summed E-state index contributed by atoms with van der Waals surface area (Å²) in [5, 5.41) is 0. The summed E-state index contributed by atoms with van der Waals surface area (Å²) in [5.41, 5.74) is 19.2. The molecule has 9 rings (SSSR count). The third kappa shape index (κ3) is 4.75. The molecule has 3 aliphatic rings. The first-order chi connectivity index (χ1) is 20.7. The summed E-state index contributed by atoms with van der Waals surface area (Å²) < 4.78 is 0. The molecule has 0 N–H and O–H groups in total. The van der Waals surface area contributed by atoms with Crippen LogP contribution in [0.3, 0.4) is 0 Å². The second-order valence-corrected chi connectivity index (χ2v) is 11.5. The van der Waals surface area contributed by atoms with Crippen molar-refractivity contribution in [1.29, 1.82) is 0 Å². The van der Waals surface area contributed by atoms with Crippen LogP contribution in [0.15, 0.2) is 133 Å². The van der Waals surface area contributed by atoms with E-state index in [1.165, 1.54) is 77.7 Å². The van der Waals surface area contributed by atoms with Gasteiger partial charge in [-0.2, -0.15) is 0 Å². The second kappa shape index (κ2) is 12.8. The molecule has 0 aromatic heterocycles. The smallest absolute Gasteiger partial charge is 0.0878 e. The van der Waals surface area contributed by atoms with Crippen molar-refractivity contribution in [2.75, 3.05) is 0 Å². The summed E-state index contributed by atoms with van der Waals surface area (Å²) in [4.78, 5) is 0. The van der Waals surface area contributed by atoms with E-state index in [-0.39, 0.29) is 70.8 Å². The fraction of sp³-hybridized carbons (Fsp3) is 0.100. The van der Waals surface area contributed by atoms with Crippen LogP contribution in [0.4, 0.5) is 0 Å². The Morgan fingerprint density at radius 2 is 0.818 bits per heavy atom. The minimum Gasteiger partial charge on any atom is -0.0878 e. The van der Waals surface area contributed by atoms with E-state index in [1.807, 2.05) is 0 Å². The van der Waals surface area contributed by atoms with E-state index in [2.05, 4.69) is 162 Å². The summed E-state index contributed by atoms with van der Waals surface area (Å²) in [6.45, 7) is 4.21. The molecule has 0 bridgehead atoms. The van der Waals surface area contributed by atoms with Gasteiger partial charge in [-0.1, -0.05) is 158 Å². The molecule has 0 atom stereocenters. The Morgan fingerprint density at radius 1 is 0.409 bits per heavy atom. The average Bonchev–Trinajstić information content (AvgIpc) is 3.68. The van der Waals surface area contributed by atoms with E-state index in [1.54, 1.807) is 0 Å². The molecule has 0 aliphatic heterocycles. The quantitative estimate of drug-likeness (QED) is 0.160. The summed E-state index contributed by atoms with van der Waals surface area (Å²) in [6, 6.07) is 49.2. The second-order valence-electron chi connectivity index (χ2n) is 11.5. The van der Waals surface area contributed by atoms with Gasteiger partial charge in [-0.25, -0.2) is 0 Å². The average molecular weight is 710 g/mol. The fourth-order valence-electron chi connectivity index (χ4n) is 7.64. The molecule has 0 unspecified atom stereocenters. The van der Waals surface area contributed by atoms with Gasteiger partial charge >= 0.3 is 0 Å². The SMILES string of the molecule is C[B]c1ccc2c(c1)C1(c3ccccc3-c3ccccc31)c1ccccc1-2.C[B]c1ccc2c(c1)Cc1ccccc1-2.[Y].[Y]. The van der Waals surface area contributed by atoms with Crippen LogP contribution in [0.25, 0.3) is 33.4 Å². The van der Waals surface area contributed by atoms with Crippen molar-refractivity contribution in [3.05, 3.63) is 167 Å². The minimum absolute atomic E-state index is 0. The Labute approximate surface area is 313 Å². The van der Waals surface area contributed by atoms with Crippen LogP contribution >= 0.6 is 0 Å². The summed E-state index contributed by atoms with van der Waals surface area (Å²) in [7, 11) is 4.35. The van der Waals surface area contributed by atoms with Gasteiger partial charge in [0.1, 0.15) is 14.6 Å². The zero-order valence-corrected chi connectivity index (χ0v) is 30.9. The van der Waals surface area contributed by atoms with Crippen LogP contribution in [0.5, 0.6) is 0 Å². The predicted molar refractivity (Wildman–Crippen MR) is 180 cm³/mol. The Hall–Kier alpha value is -2.34. The predicted octanol–water partition coefficient (Wildman–Crippen LogP) is 8.04. The Kier molecular flexibility index (Phi) is 9.21. The number of rotatable bonds is 2. The van der Waals surface area contributed by atoms with E-state index in [4.69, 9.17) is 0 Å². The molecule has 4 heteroatoms. The van der Waals surface area contributed by atoms with Gasteiger partial charge in [-0.05, 0) is 73.2 Å². The van der Waals surface area contributed by atoms with Crippen LogP contribution in [0.2, 0.25) is 13.6 Å². The molecule has 1 spiro atoms. The van der Waals surface area contributed by atoms with Crippen molar-refractivity contribution >= 4 is 25.5 Å². The van der Waals surface area contributed by atoms with Crippen LogP contribution in [-0.2, 0) is 77.3 Å². The largest absolute Gasteiger partial charge is 0.148 e. The van der Waals surface area contributed by atoms with Gasteiger partial charge in [0.05, 0.1) is 5.41 Å². The van der Waals surface area contributed by atoms with Crippen molar-refractivity contribution in [3.8, 4) is 33.4 Å². The van der Waals surface area contributed by atoms with Gasteiger partial charge in [-0.3, -0.25) is 0 Å². The zero-order chi connectivity index (χ0) is 28.3. The maximum absolute atomic E-state index is 2.40. The third-order valence-electron chi connectivity index (χ3n) is 9.51. The normalized spacial score (nSPS) is 13.0. The molecule has 0 fully saturated rings. The van der Waals surface area contributed by atoms with Crippen LogP contribution in [0, 0.1) is 0 Å². The first-order valence-corrected chi connectivity index (χ1v) is 15.0. The molecule has 3 aliphatic carbocycles. The summed E-state index contributed by atoms with van der Waals surface area (Å²) in [6.07, 6.45) is 1.09. The molecular formula is C40H30B2Y2. The van der Waals surface area contributed by atoms with E-state index < -0.39 is 0 Å². The van der Waals surface area contributed by atoms with Gasteiger partial charge < -0.3 is 0 Å². The Morgan fingerprint density at radius 3 is 1.36 bits per heavy atom. The Bertz CT molecular complexity index is 1950. The molecular weight excluding hydrogens is 680 g/mol. The maximum Gasteiger partial charge on any atom is 0.148 e. The zero-order valence-electron chi connectivity index (χ0n) is 25.2. The summed E-state index contributed by atoms with van der Waals surface area (Å²) >= 11 is 0. The van der Waals surface area contributed by atoms with Crippen molar-refractivity contribution in [2.24, 2.45) is 0 Å². The van der Waals surface area contributed by atoms with E-state index in [0.29, 0.717) is 0 Å². The van der Waals surface area contributed by atoms with Crippen LogP contribution in [0.1, 0.15) is 33.4 Å². The molecule has 44 heavy (non-hydrogen) atoms. The van der Waals surface area contributed by atoms with E-state index >= 15 is 0 Å². The topological polar surface area (TPSA) is 0 Å². The van der Waals surface area contributed by atoms with Crippen LogP contribution in [-0.4, -0.2) is 14.6 Å². The molecule has 4 radical (unpaired) electrons. The Balaban J connectivity index is 0.000000173. The molecule has 6 aromatic carbocycles. The van der Waals surface area contributed by atoms with E-state index in [9.17, 15) is 0 Å². The van der Waals surface area contributed by atoms with E-state index in [0.717, 1.165) is 6.42 Å². The summed E-state index contributed by atoms with van der Waals surface area (Å²) in [5.74, 6) is 0. The first-order valence-electron chi connectivity index (χ1n) is 15.0. The van der Waals surface area contributed by atoms with Gasteiger partial charge in [0, 0.05) is 65.4 Å². The van der Waals surface area contributed by atoms with Gasteiger partial charge in [0.2, 0.25) is 0 Å². The number of benzene rings is 6. The molecule has 0 nitrogen and oxygen atoms in total. The maximum atomic E-state index is 2.40. The monoisotopic (exact) mass is 710 g/mol. The molecule has 202 valence electrons. The van der Waals surface area contributed by atoms with Crippen molar-refractivity contribution < 1.29 is 65.4 Å².